The summed E-state index contributed by atoms with van der Waals surface area (Å²) in [4.78, 5) is 25.4. The lowest BCUT2D eigenvalue weighted by atomic mass is 9.97. The molecule has 2 aliphatic heterocycles. The van der Waals surface area contributed by atoms with Gasteiger partial charge in [-0.15, -0.1) is 0 Å². The monoisotopic (exact) mass is 366 g/mol. The second-order valence-electron chi connectivity index (χ2n) is 6.72. The van der Waals surface area contributed by atoms with E-state index in [0.29, 0.717) is 42.7 Å². The van der Waals surface area contributed by atoms with Gasteiger partial charge in [0.25, 0.3) is 0 Å². The van der Waals surface area contributed by atoms with Gasteiger partial charge in [-0.25, -0.2) is 18.0 Å². The fourth-order valence-electron chi connectivity index (χ4n) is 3.55. The molecule has 1 aliphatic carbocycles. The van der Waals surface area contributed by atoms with Crippen LogP contribution in [-0.2, 0) is 19.4 Å². The number of sulfone groups is 1. The minimum Gasteiger partial charge on any atom is -0.438 e. The minimum atomic E-state index is -3.90. The number of amides is 2. The summed E-state index contributed by atoms with van der Waals surface area (Å²) in [6.07, 6.45) is 4.33. The number of allylic oxidation sites excluding steroid dienone is 2. The first kappa shape index (κ1) is 17.7. The number of carbonyl (C=O) groups excluding carboxylic acids is 2. The zero-order chi connectivity index (χ0) is 18.6. The van der Waals surface area contributed by atoms with Crippen molar-refractivity contribution in [2.45, 2.75) is 44.0 Å². The molecule has 1 saturated carbocycles. The Bertz CT molecular complexity index is 831. The highest BCUT2D eigenvalue weighted by Gasteiger charge is 2.58. The van der Waals surface area contributed by atoms with Gasteiger partial charge in [-0.1, -0.05) is 13.0 Å². The van der Waals surface area contributed by atoms with Gasteiger partial charge in [-0.3, -0.25) is 4.90 Å². The highest BCUT2D eigenvalue weighted by atomic mass is 32.2. The van der Waals surface area contributed by atoms with Crippen LogP contribution in [0.3, 0.4) is 0 Å². The summed E-state index contributed by atoms with van der Waals surface area (Å²) < 4.78 is 31.4. The van der Waals surface area contributed by atoms with E-state index in [-0.39, 0.29) is 10.9 Å². The third-order valence-electron chi connectivity index (χ3n) is 5.33. The van der Waals surface area contributed by atoms with E-state index in [2.05, 4.69) is 6.58 Å². The van der Waals surface area contributed by atoms with E-state index in [1.54, 1.807) is 21.0 Å². The lowest BCUT2D eigenvalue weighted by Crippen LogP contribution is -2.42. The van der Waals surface area contributed by atoms with E-state index >= 15 is 0 Å². The van der Waals surface area contributed by atoms with Crippen LogP contribution in [0.15, 0.2) is 34.5 Å². The first-order chi connectivity index (χ1) is 11.6. The van der Waals surface area contributed by atoms with Crippen molar-refractivity contribution in [1.29, 1.82) is 0 Å². The highest BCUT2D eigenvalue weighted by molar-refractivity contribution is 7.97. The fourth-order valence-corrected chi connectivity index (χ4v) is 5.50. The summed E-state index contributed by atoms with van der Waals surface area (Å²) in [5.74, 6) is -0.822. The normalized spacial score (nSPS) is 27.5. The summed E-state index contributed by atoms with van der Waals surface area (Å²) in [5.41, 5.74) is 1.32. The van der Waals surface area contributed by atoms with E-state index in [9.17, 15) is 18.0 Å². The van der Waals surface area contributed by atoms with Gasteiger partial charge >= 0.3 is 12.0 Å². The van der Waals surface area contributed by atoms with Crippen LogP contribution in [-0.4, -0.2) is 49.2 Å². The maximum absolute atomic E-state index is 13.0. The molecule has 2 fully saturated rings. The molecule has 2 amide bonds. The molecule has 0 aromatic carbocycles. The maximum Gasteiger partial charge on any atom is 0.351 e. The number of carbonyl (C=O) groups is 2. The Morgan fingerprint density at radius 1 is 1.12 bits per heavy atom. The third-order valence-corrected chi connectivity index (χ3v) is 7.67. The van der Waals surface area contributed by atoms with Crippen LogP contribution in [0.5, 0.6) is 0 Å². The number of likely N-dealkylation sites (N-methyl/N-ethyl adjacent to an activating group) is 1. The van der Waals surface area contributed by atoms with Crippen molar-refractivity contribution in [2.75, 3.05) is 14.1 Å². The van der Waals surface area contributed by atoms with Crippen LogP contribution in [0, 0.1) is 0 Å². The molecule has 0 aromatic heterocycles. The molecule has 1 spiro atoms. The third kappa shape index (κ3) is 2.42. The molecule has 1 saturated heterocycles. The highest BCUT2D eigenvalue weighted by Crippen LogP contribution is 2.46. The van der Waals surface area contributed by atoms with Crippen molar-refractivity contribution >= 4 is 21.8 Å². The van der Waals surface area contributed by atoms with Gasteiger partial charge in [-0.2, -0.15) is 0 Å². The van der Waals surface area contributed by atoms with Crippen LogP contribution in [0.2, 0.25) is 0 Å². The molecular formula is C17H22N2O5S. The zero-order valence-corrected chi connectivity index (χ0v) is 15.5. The molecule has 0 unspecified atom stereocenters. The molecule has 2 heterocycles. The van der Waals surface area contributed by atoms with Gasteiger partial charge in [-0.05, 0) is 25.8 Å². The second kappa shape index (κ2) is 5.72. The molecule has 3 rings (SSSR count). The van der Waals surface area contributed by atoms with Gasteiger partial charge in [0.1, 0.15) is 0 Å². The molecule has 3 aliphatic rings. The zero-order valence-electron chi connectivity index (χ0n) is 14.7. The van der Waals surface area contributed by atoms with Gasteiger partial charge in [0.15, 0.2) is 4.91 Å². The maximum atomic E-state index is 13.0. The van der Waals surface area contributed by atoms with Crippen LogP contribution >= 0.6 is 0 Å². The number of esters is 1. The largest absolute Gasteiger partial charge is 0.438 e. The van der Waals surface area contributed by atoms with Crippen molar-refractivity contribution in [3.05, 3.63) is 34.5 Å². The number of rotatable bonds is 1. The number of urea groups is 1. The number of hydrogen-bond donors (Lipinski definition) is 0. The number of hydrogen-bond acceptors (Lipinski definition) is 5. The lowest BCUT2D eigenvalue weighted by molar-refractivity contribution is -0.145. The van der Waals surface area contributed by atoms with E-state index in [4.69, 9.17) is 4.74 Å². The Hall–Kier alpha value is -2.09. The van der Waals surface area contributed by atoms with Crippen molar-refractivity contribution in [3.8, 4) is 0 Å². The Kier molecular flexibility index (Phi) is 4.06. The first-order valence-corrected chi connectivity index (χ1v) is 9.72. The van der Waals surface area contributed by atoms with Gasteiger partial charge in [0.2, 0.25) is 14.8 Å². The summed E-state index contributed by atoms with van der Waals surface area (Å²) >= 11 is 0. The quantitative estimate of drug-likeness (QED) is 0.525. The average molecular weight is 366 g/mol. The summed E-state index contributed by atoms with van der Waals surface area (Å²) in [6.45, 7) is 5.55. The Balaban J connectivity index is 2.11. The van der Waals surface area contributed by atoms with Crippen molar-refractivity contribution in [2.24, 2.45) is 0 Å². The molecule has 0 N–H and O–H groups in total. The SMILES string of the molecule is C=C1C(/C=C2\C(=O)OC3(CCCCC3)S2(=O)=O)=C(C)N(C)C(=O)N1C. The molecular weight excluding hydrogens is 344 g/mol. The van der Waals surface area contributed by atoms with E-state index in [1.807, 2.05) is 0 Å². The standard InChI is InChI=1S/C17H22N2O5S/c1-11-13(12(2)19(4)16(21)18(11)3)10-14-15(20)24-17(25(14,22)23)8-6-5-7-9-17/h10H,1,5-9H2,2-4H3/b14-10+. The lowest BCUT2D eigenvalue weighted by Gasteiger charge is -2.34. The predicted octanol–water partition coefficient (Wildman–Crippen LogP) is 2.29. The van der Waals surface area contributed by atoms with Crippen molar-refractivity contribution in [3.63, 3.8) is 0 Å². The van der Waals surface area contributed by atoms with E-state index in [0.717, 1.165) is 6.42 Å². The average Bonchev–Trinajstić information content (AvgIpc) is 2.75. The molecule has 25 heavy (non-hydrogen) atoms. The molecule has 8 heteroatoms. The smallest absolute Gasteiger partial charge is 0.351 e. The predicted molar refractivity (Wildman–Crippen MR) is 91.7 cm³/mol. The molecule has 136 valence electrons. The van der Waals surface area contributed by atoms with E-state index < -0.39 is 20.7 Å². The van der Waals surface area contributed by atoms with Crippen LogP contribution < -0.4 is 0 Å². The number of ether oxygens (including phenoxy) is 1. The van der Waals surface area contributed by atoms with Crippen LogP contribution in [0.25, 0.3) is 0 Å². The topological polar surface area (TPSA) is 84.0 Å². The summed E-state index contributed by atoms with van der Waals surface area (Å²) in [6, 6.07) is -0.273. The van der Waals surface area contributed by atoms with E-state index in [1.165, 1.54) is 15.9 Å². The van der Waals surface area contributed by atoms with Gasteiger partial charge in [0, 0.05) is 43.9 Å². The Morgan fingerprint density at radius 2 is 1.72 bits per heavy atom. The Morgan fingerprint density at radius 3 is 2.32 bits per heavy atom. The molecule has 7 nitrogen and oxygen atoms in total. The first-order valence-electron chi connectivity index (χ1n) is 8.23. The van der Waals surface area contributed by atoms with Crippen LogP contribution in [0.1, 0.15) is 39.0 Å². The van der Waals surface area contributed by atoms with Gasteiger partial charge < -0.3 is 9.64 Å². The Labute approximate surface area is 147 Å². The number of nitrogens with zero attached hydrogens (tertiary/aromatic N) is 2. The molecule has 0 atom stereocenters. The second-order valence-corrected chi connectivity index (χ2v) is 8.91. The van der Waals surface area contributed by atoms with Crippen molar-refractivity contribution in [1.82, 2.24) is 9.80 Å². The molecule has 0 aromatic rings. The molecule has 0 bridgehead atoms. The minimum absolute atomic E-state index is 0.273. The summed E-state index contributed by atoms with van der Waals surface area (Å²) in [7, 11) is -0.764. The van der Waals surface area contributed by atoms with Crippen molar-refractivity contribution < 1.29 is 22.7 Å². The summed E-state index contributed by atoms with van der Waals surface area (Å²) in [5, 5.41) is 0. The van der Waals surface area contributed by atoms with Gasteiger partial charge in [0.05, 0.1) is 0 Å². The van der Waals surface area contributed by atoms with Crippen LogP contribution in [0.4, 0.5) is 4.79 Å². The fraction of sp³-hybridized carbons (Fsp3) is 0.529. The molecule has 0 radical (unpaired) electrons.